The van der Waals surface area contributed by atoms with Gasteiger partial charge in [-0.1, -0.05) is 0 Å². The van der Waals surface area contributed by atoms with Gasteiger partial charge in [-0.05, 0) is 35.9 Å². The van der Waals surface area contributed by atoms with Crippen molar-refractivity contribution in [2.45, 2.75) is 12.9 Å². The van der Waals surface area contributed by atoms with Crippen LogP contribution in [-0.4, -0.2) is 17.4 Å². The number of amides is 2. The number of nitrogens with one attached hydrogen (secondary N) is 3. The maximum atomic E-state index is 12.0. The Bertz CT molecular complexity index is 580. The Morgan fingerprint density at radius 3 is 2.48 bits per heavy atom. The van der Waals surface area contributed by atoms with Crippen LogP contribution in [-0.2, 0) is 6.54 Å². The Hall–Kier alpha value is -2.64. The molecule has 0 aliphatic heterocycles. The molecule has 1 aromatic carbocycles. The standard InChI is InChI=1S/C13H12F3N3O2/c14-13(15,16)21-11-3-1-10(2-4-11)19-12(20)18-8-9-5-6-17-7-9/h1-7,17H,8H2,(H2,18,19,20). The molecule has 1 aromatic heterocycles. The van der Waals surface area contributed by atoms with E-state index in [1.54, 1.807) is 12.4 Å². The lowest BCUT2D eigenvalue weighted by atomic mass is 10.3. The lowest BCUT2D eigenvalue weighted by Crippen LogP contribution is -2.28. The minimum absolute atomic E-state index is 0.338. The van der Waals surface area contributed by atoms with Crippen molar-refractivity contribution in [1.29, 1.82) is 0 Å². The Labute approximate surface area is 118 Å². The highest BCUT2D eigenvalue weighted by molar-refractivity contribution is 5.89. The molecule has 0 atom stereocenters. The minimum Gasteiger partial charge on any atom is -0.406 e. The number of aromatic amines is 1. The summed E-state index contributed by atoms with van der Waals surface area (Å²) in [5, 5.41) is 5.10. The molecule has 5 nitrogen and oxygen atoms in total. The van der Waals surface area contributed by atoms with E-state index in [0.29, 0.717) is 12.2 Å². The third-order valence-electron chi connectivity index (χ3n) is 2.46. The number of hydrogen-bond acceptors (Lipinski definition) is 2. The monoisotopic (exact) mass is 299 g/mol. The second-order valence-electron chi connectivity index (χ2n) is 4.10. The van der Waals surface area contributed by atoms with Gasteiger partial charge >= 0.3 is 12.4 Å². The van der Waals surface area contributed by atoms with E-state index >= 15 is 0 Å². The van der Waals surface area contributed by atoms with Gasteiger partial charge in [0.25, 0.3) is 0 Å². The summed E-state index contributed by atoms with van der Waals surface area (Å²) >= 11 is 0. The summed E-state index contributed by atoms with van der Waals surface area (Å²) < 4.78 is 39.7. The first-order valence-corrected chi connectivity index (χ1v) is 5.95. The van der Waals surface area contributed by atoms with E-state index in [4.69, 9.17) is 0 Å². The van der Waals surface area contributed by atoms with Crippen molar-refractivity contribution in [2.75, 3.05) is 5.32 Å². The van der Waals surface area contributed by atoms with E-state index in [-0.39, 0.29) is 5.75 Å². The molecule has 2 aromatic rings. The molecule has 0 bridgehead atoms. The number of hydrogen-bond donors (Lipinski definition) is 3. The van der Waals surface area contributed by atoms with Gasteiger partial charge in [-0.2, -0.15) is 0 Å². The molecule has 8 heteroatoms. The van der Waals surface area contributed by atoms with Crippen LogP contribution in [0.25, 0.3) is 0 Å². The molecule has 0 fully saturated rings. The summed E-state index contributed by atoms with van der Waals surface area (Å²) in [7, 11) is 0. The number of urea groups is 1. The van der Waals surface area contributed by atoms with Crippen LogP contribution >= 0.6 is 0 Å². The minimum atomic E-state index is -4.73. The van der Waals surface area contributed by atoms with Crippen LogP contribution in [0.4, 0.5) is 23.7 Å². The molecule has 2 rings (SSSR count). The zero-order chi connectivity index (χ0) is 15.3. The topological polar surface area (TPSA) is 66.2 Å². The average Bonchev–Trinajstić information content (AvgIpc) is 2.90. The van der Waals surface area contributed by atoms with Gasteiger partial charge in [-0.25, -0.2) is 4.79 Å². The van der Waals surface area contributed by atoms with Gasteiger partial charge in [0.1, 0.15) is 5.75 Å². The summed E-state index contributed by atoms with van der Waals surface area (Å²) in [6.07, 6.45) is -1.26. The van der Waals surface area contributed by atoms with Crippen LogP contribution in [0.3, 0.4) is 0 Å². The molecular formula is C13H12F3N3O2. The van der Waals surface area contributed by atoms with Crippen molar-refractivity contribution in [2.24, 2.45) is 0 Å². The third kappa shape index (κ3) is 5.09. The third-order valence-corrected chi connectivity index (χ3v) is 2.46. The highest BCUT2D eigenvalue weighted by Gasteiger charge is 2.30. The fraction of sp³-hybridized carbons (Fsp3) is 0.154. The Kier molecular flexibility index (Phi) is 4.36. The molecule has 0 aliphatic rings. The van der Waals surface area contributed by atoms with Crippen LogP contribution < -0.4 is 15.4 Å². The largest absolute Gasteiger partial charge is 0.573 e. The van der Waals surface area contributed by atoms with Gasteiger partial charge in [0.2, 0.25) is 0 Å². The molecule has 21 heavy (non-hydrogen) atoms. The van der Waals surface area contributed by atoms with Gasteiger partial charge in [-0.15, -0.1) is 13.2 Å². The maximum Gasteiger partial charge on any atom is 0.573 e. The second kappa shape index (κ2) is 6.21. The predicted octanol–water partition coefficient (Wildman–Crippen LogP) is 3.24. The number of aromatic nitrogens is 1. The molecule has 1 heterocycles. The molecule has 0 radical (unpaired) electrons. The van der Waals surface area contributed by atoms with E-state index < -0.39 is 12.4 Å². The highest BCUT2D eigenvalue weighted by atomic mass is 19.4. The first-order valence-electron chi connectivity index (χ1n) is 5.95. The normalized spacial score (nSPS) is 11.0. The highest BCUT2D eigenvalue weighted by Crippen LogP contribution is 2.23. The van der Waals surface area contributed by atoms with Gasteiger partial charge < -0.3 is 20.4 Å². The number of rotatable bonds is 4. The zero-order valence-electron chi connectivity index (χ0n) is 10.7. The van der Waals surface area contributed by atoms with Gasteiger partial charge in [-0.3, -0.25) is 0 Å². The first-order chi connectivity index (χ1) is 9.92. The molecule has 0 aliphatic carbocycles. The molecule has 0 unspecified atom stereocenters. The van der Waals surface area contributed by atoms with Crippen molar-refractivity contribution in [3.05, 3.63) is 48.3 Å². The van der Waals surface area contributed by atoms with E-state index in [0.717, 1.165) is 17.7 Å². The van der Waals surface area contributed by atoms with Crippen molar-refractivity contribution in [3.8, 4) is 5.75 Å². The molecular weight excluding hydrogens is 287 g/mol. The summed E-state index contributed by atoms with van der Waals surface area (Å²) in [4.78, 5) is 14.4. The van der Waals surface area contributed by atoms with Crippen LogP contribution in [0.1, 0.15) is 5.56 Å². The van der Waals surface area contributed by atoms with E-state index in [1.165, 1.54) is 12.1 Å². The molecule has 112 valence electrons. The number of ether oxygens (including phenoxy) is 1. The van der Waals surface area contributed by atoms with Crippen molar-refractivity contribution < 1.29 is 22.7 Å². The van der Waals surface area contributed by atoms with Crippen LogP contribution in [0.2, 0.25) is 0 Å². The number of halogens is 3. The molecule has 2 amide bonds. The van der Waals surface area contributed by atoms with E-state index in [1.807, 2.05) is 6.07 Å². The number of benzene rings is 1. The lowest BCUT2D eigenvalue weighted by molar-refractivity contribution is -0.274. The first kappa shape index (κ1) is 14.8. The fourth-order valence-corrected chi connectivity index (χ4v) is 1.57. The lowest BCUT2D eigenvalue weighted by Gasteiger charge is -2.10. The van der Waals surface area contributed by atoms with Crippen LogP contribution in [0.15, 0.2) is 42.7 Å². The summed E-state index contributed by atoms with van der Waals surface area (Å²) in [5.74, 6) is -0.346. The Balaban J connectivity index is 1.83. The summed E-state index contributed by atoms with van der Waals surface area (Å²) in [5.41, 5.74) is 1.26. The number of carbonyl (C=O) groups is 1. The van der Waals surface area contributed by atoms with Crippen molar-refractivity contribution >= 4 is 11.7 Å². The predicted molar refractivity (Wildman–Crippen MR) is 69.8 cm³/mol. The second-order valence-corrected chi connectivity index (χ2v) is 4.10. The fourth-order valence-electron chi connectivity index (χ4n) is 1.57. The number of anilines is 1. The smallest absolute Gasteiger partial charge is 0.406 e. The molecule has 3 N–H and O–H groups in total. The SMILES string of the molecule is O=C(NCc1cc[nH]c1)Nc1ccc(OC(F)(F)F)cc1. The van der Waals surface area contributed by atoms with Crippen LogP contribution in [0, 0.1) is 0 Å². The van der Waals surface area contributed by atoms with Gasteiger partial charge in [0, 0.05) is 24.6 Å². The average molecular weight is 299 g/mol. The Morgan fingerprint density at radius 1 is 1.19 bits per heavy atom. The summed E-state index contributed by atoms with van der Waals surface area (Å²) in [6.45, 7) is 0.338. The van der Waals surface area contributed by atoms with Gasteiger partial charge in [0.05, 0.1) is 0 Å². The quantitative estimate of drug-likeness (QED) is 0.811. The van der Waals surface area contributed by atoms with Crippen LogP contribution in [0.5, 0.6) is 5.75 Å². The summed E-state index contributed by atoms with van der Waals surface area (Å²) in [6, 6.07) is 6.22. The van der Waals surface area contributed by atoms with E-state index in [2.05, 4.69) is 20.4 Å². The number of H-pyrrole nitrogens is 1. The number of carbonyl (C=O) groups excluding carboxylic acids is 1. The van der Waals surface area contributed by atoms with Gasteiger partial charge in [0.15, 0.2) is 0 Å². The molecule has 0 saturated carbocycles. The maximum absolute atomic E-state index is 12.0. The molecule has 0 spiro atoms. The molecule has 0 saturated heterocycles. The van der Waals surface area contributed by atoms with Crippen molar-refractivity contribution in [3.63, 3.8) is 0 Å². The van der Waals surface area contributed by atoms with Crippen molar-refractivity contribution in [1.82, 2.24) is 10.3 Å². The zero-order valence-corrected chi connectivity index (χ0v) is 10.7. The Morgan fingerprint density at radius 2 is 1.90 bits per heavy atom. The van der Waals surface area contributed by atoms with E-state index in [9.17, 15) is 18.0 Å². The number of alkyl halides is 3.